The molecular weight excluding hydrogens is 245 g/mol. The molecule has 0 spiro atoms. The molecule has 0 aromatic heterocycles. The minimum atomic E-state index is -2.97. The Morgan fingerprint density at radius 1 is 1.24 bits per heavy atom. The van der Waals surface area contributed by atoms with Crippen molar-refractivity contribution in [2.24, 2.45) is 0 Å². The molecule has 1 aromatic carbocycles. The molecule has 0 radical (unpaired) electrons. The average molecular weight is 257 g/mol. The third-order valence-electron chi connectivity index (χ3n) is 2.79. The third kappa shape index (κ3) is 2.63. The maximum Gasteiger partial charge on any atom is 0.153 e. The summed E-state index contributed by atoms with van der Waals surface area (Å²) in [6, 6.07) is 4.19. The number of aldehydes is 1. The maximum atomic E-state index is 13.7. The van der Waals surface area contributed by atoms with E-state index >= 15 is 0 Å². The zero-order chi connectivity index (χ0) is 12.5. The highest BCUT2D eigenvalue weighted by molar-refractivity contribution is 7.91. The number of hydrogen-bond acceptors (Lipinski definition) is 4. The molecule has 4 nitrogen and oxygen atoms in total. The molecule has 92 valence electrons. The van der Waals surface area contributed by atoms with E-state index < -0.39 is 15.7 Å². The van der Waals surface area contributed by atoms with Crippen molar-refractivity contribution in [3.8, 4) is 0 Å². The first kappa shape index (κ1) is 12.0. The standard InChI is InChI=1S/C11H12FNO3S/c12-10-7-9(8-14)1-2-11(10)13-3-5-17(15,16)6-4-13/h1-2,7-8H,3-6H2. The van der Waals surface area contributed by atoms with Crippen molar-refractivity contribution in [3.05, 3.63) is 29.6 Å². The van der Waals surface area contributed by atoms with Gasteiger partial charge in [0.15, 0.2) is 9.84 Å². The van der Waals surface area contributed by atoms with Gasteiger partial charge in [0, 0.05) is 18.7 Å². The van der Waals surface area contributed by atoms with Crippen LogP contribution in [0.25, 0.3) is 0 Å². The Hall–Kier alpha value is -1.43. The van der Waals surface area contributed by atoms with E-state index in [0.717, 1.165) is 6.07 Å². The Labute approximate surface area is 99.0 Å². The topological polar surface area (TPSA) is 54.5 Å². The minimum Gasteiger partial charge on any atom is -0.367 e. The second-order valence-electron chi connectivity index (χ2n) is 3.97. The molecule has 0 aliphatic carbocycles. The van der Waals surface area contributed by atoms with Crippen molar-refractivity contribution in [3.63, 3.8) is 0 Å². The van der Waals surface area contributed by atoms with E-state index in [1.807, 2.05) is 0 Å². The molecule has 0 saturated carbocycles. The van der Waals surface area contributed by atoms with Crippen LogP contribution in [0.2, 0.25) is 0 Å². The van der Waals surface area contributed by atoms with Crippen molar-refractivity contribution >= 4 is 21.8 Å². The van der Waals surface area contributed by atoms with Crippen LogP contribution in [0.1, 0.15) is 10.4 Å². The summed E-state index contributed by atoms with van der Waals surface area (Å²) in [5.41, 5.74) is 0.626. The number of halogens is 1. The van der Waals surface area contributed by atoms with Crippen LogP contribution in [0.5, 0.6) is 0 Å². The molecule has 1 aliphatic heterocycles. The van der Waals surface area contributed by atoms with E-state index in [2.05, 4.69) is 0 Å². The van der Waals surface area contributed by atoms with Crippen LogP contribution in [0, 0.1) is 5.82 Å². The van der Waals surface area contributed by atoms with Crippen LogP contribution in [-0.4, -0.2) is 39.3 Å². The van der Waals surface area contributed by atoms with Gasteiger partial charge in [0.05, 0.1) is 17.2 Å². The predicted molar refractivity (Wildman–Crippen MR) is 62.7 cm³/mol. The van der Waals surface area contributed by atoms with Crippen LogP contribution in [0.3, 0.4) is 0 Å². The van der Waals surface area contributed by atoms with Crippen molar-refractivity contribution in [1.29, 1.82) is 0 Å². The summed E-state index contributed by atoms with van der Waals surface area (Å²) in [7, 11) is -2.97. The highest BCUT2D eigenvalue weighted by Crippen LogP contribution is 2.21. The zero-order valence-corrected chi connectivity index (χ0v) is 9.91. The minimum absolute atomic E-state index is 0.0435. The first-order valence-electron chi connectivity index (χ1n) is 5.22. The van der Waals surface area contributed by atoms with E-state index in [4.69, 9.17) is 0 Å². The lowest BCUT2D eigenvalue weighted by molar-refractivity contribution is 0.112. The van der Waals surface area contributed by atoms with Gasteiger partial charge in [-0.25, -0.2) is 12.8 Å². The second-order valence-corrected chi connectivity index (χ2v) is 6.27. The number of carbonyl (C=O) groups is 1. The highest BCUT2D eigenvalue weighted by Gasteiger charge is 2.23. The van der Waals surface area contributed by atoms with Crippen LogP contribution in [0.15, 0.2) is 18.2 Å². The average Bonchev–Trinajstić information content (AvgIpc) is 2.29. The molecular formula is C11H12FNO3S. The van der Waals surface area contributed by atoms with E-state index in [9.17, 15) is 17.6 Å². The molecule has 0 atom stereocenters. The van der Waals surface area contributed by atoms with Gasteiger partial charge in [0.1, 0.15) is 12.1 Å². The van der Waals surface area contributed by atoms with Gasteiger partial charge in [-0.2, -0.15) is 0 Å². The van der Waals surface area contributed by atoms with Gasteiger partial charge >= 0.3 is 0 Å². The van der Waals surface area contributed by atoms with Gasteiger partial charge in [-0.1, -0.05) is 0 Å². The molecule has 17 heavy (non-hydrogen) atoms. The van der Waals surface area contributed by atoms with Gasteiger partial charge in [-0.15, -0.1) is 0 Å². The molecule has 2 rings (SSSR count). The van der Waals surface area contributed by atoms with Crippen molar-refractivity contribution in [2.75, 3.05) is 29.5 Å². The number of hydrogen-bond donors (Lipinski definition) is 0. The van der Waals surface area contributed by atoms with E-state index in [1.54, 1.807) is 4.90 Å². The third-order valence-corrected chi connectivity index (χ3v) is 4.40. The number of sulfone groups is 1. The number of benzene rings is 1. The summed E-state index contributed by atoms with van der Waals surface area (Å²) < 4.78 is 36.2. The number of anilines is 1. The lowest BCUT2D eigenvalue weighted by Crippen LogP contribution is -2.40. The lowest BCUT2D eigenvalue weighted by Gasteiger charge is -2.29. The molecule has 6 heteroatoms. The van der Waals surface area contributed by atoms with Gasteiger partial charge in [-0.05, 0) is 18.2 Å². The largest absolute Gasteiger partial charge is 0.367 e. The molecule has 1 aliphatic rings. The number of nitrogens with zero attached hydrogens (tertiary/aromatic N) is 1. The summed E-state index contributed by atoms with van der Waals surface area (Å²) in [6.07, 6.45) is 0.577. The second kappa shape index (κ2) is 4.44. The summed E-state index contributed by atoms with van der Waals surface area (Å²) in [4.78, 5) is 12.2. The van der Waals surface area contributed by atoms with Crippen molar-refractivity contribution in [1.82, 2.24) is 0 Å². The molecule has 1 fully saturated rings. The lowest BCUT2D eigenvalue weighted by atomic mass is 10.2. The van der Waals surface area contributed by atoms with Crippen LogP contribution >= 0.6 is 0 Å². The summed E-state index contributed by atoms with van der Waals surface area (Å²) in [5.74, 6) is -0.405. The van der Waals surface area contributed by atoms with Crippen molar-refractivity contribution in [2.45, 2.75) is 0 Å². The van der Waals surface area contributed by atoms with Gasteiger partial charge in [0.2, 0.25) is 0 Å². The van der Waals surface area contributed by atoms with Crippen molar-refractivity contribution < 1.29 is 17.6 Å². The molecule has 0 amide bonds. The zero-order valence-electron chi connectivity index (χ0n) is 9.10. The fraction of sp³-hybridized carbons (Fsp3) is 0.364. The Kier molecular flexibility index (Phi) is 3.15. The quantitative estimate of drug-likeness (QED) is 0.738. The van der Waals surface area contributed by atoms with E-state index in [1.165, 1.54) is 12.1 Å². The SMILES string of the molecule is O=Cc1ccc(N2CCS(=O)(=O)CC2)c(F)c1. The molecule has 1 heterocycles. The molecule has 0 bridgehead atoms. The maximum absolute atomic E-state index is 13.7. The highest BCUT2D eigenvalue weighted by atomic mass is 32.2. The monoisotopic (exact) mass is 257 g/mol. The summed E-state index contributed by atoms with van der Waals surface area (Å²) in [5, 5.41) is 0. The van der Waals surface area contributed by atoms with Gasteiger partial charge < -0.3 is 4.90 Å². The Balaban J connectivity index is 2.21. The van der Waals surface area contributed by atoms with E-state index in [-0.39, 0.29) is 17.1 Å². The molecule has 1 saturated heterocycles. The molecule has 0 N–H and O–H groups in total. The first-order valence-corrected chi connectivity index (χ1v) is 7.04. The summed E-state index contributed by atoms with van der Waals surface area (Å²) in [6.45, 7) is 0.583. The Morgan fingerprint density at radius 2 is 1.88 bits per heavy atom. The van der Waals surface area contributed by atoms with E-state index in [0.29, 0.717) is 25.1 Å². The number of rotatable bonds is 2. The predicted octanol–water partition coefficient (Wildman–Crippen LogP) is 0.873. The normalized spacial score (nSPS) is 19.0. The smallest absolute Gasteiger partial charge is 0.153 e. The Bertz CT molecular complexity index is 528. The van der Waals surface area contributed by atoms with Crippen LogP contribution in [0.4, 0.5) is 10.1 Å². The van der Waals surface area contributed by atoms with Crippen LogP contribution in [-0.2, 0) is 9.84 Å². The number of carbonyl (C=O) groups excluding carboxylic acids is 1. The van der Waals surface area contributed by atoms with Gasteiger partial charge in [-0.3, -0.25) is 4.79 Å². The summed E-state index contributed by atoms with van der Waals surface area (Å²) >= 11 is 0. The van der Waals surface area contributed by atoms with Crippen LogP contribution < -0.4 is 4.90 Å². The first-order chi connectivity index (χ1) is 8.02. The van der Waals surface area contributed by atoms with Gasteiger partial charge in [0.25, 0.3) is 0 Å². The molecule has 0 unspecified atom stereocenters. The fourth-order valence-corrected chi connectivity index (χ4v) is 3.01. The molecule has 1 aromatic rings. The Morgan fingerprint density at radius 3 is 2.41 bits per heavy atom. The fourth-order valence-electron chi connectivity index (χ4n) is 1.81.